The van der Waals surface area contributed by atoms with Crippen molar-refractivity contribution in [1.82, 2.24) is 4.90 Å². The Morgan fingerprint density at radius 1 is 1.22 bits per heavy atom. The van der Waals surface area contributed by atoms with Crippen molar-refractivity contribution in [3.8, 4) is 0 Å². The first-order valence-corrected chi connectivity index (χ1v) is 6.96. The minimum absolute atomic E-state index is 0.0232. The lowest BCUT2D eigenvalue weighted by molar-refractivity contribution is -0.144. The first-order valence-electron chi connectivity index (χ1n) is 6.96. The number of piperidine rings is 1. The number of nitrogens with zero attached hydrogens (tertiary/aromatic N) is 1. The molecule has 0 aromatic carbocycles. The van der Waals surface area contributed by atoms with Gasteiger partial charge in [-0.15, -0.1) is 0 Å². The van der Waals surface area contributed by atoms with Crippen molar-refractivity contribution >= 4 is 11.8 Å². The van der Waals surface area contributed by atoms with Crippen molar-refractivity contribution in [2.45, 2.75) is 45.6 Å². The summed E-state index contributed by atoms with van der Waals surface area (Å²) < 4.78 is 0. The van der Waals surface area contributed by atoms with E-state index in [1.807, 2.05) is 13.8 Å². The molecule has 0 spiro atoms. The van der Waals surface area contributed by atoms with E-state index in [2.05, 4.69) is 0 Å². The molecule has 0 aromatic rings. The minimum Gasteiger partial charge on any atom is -0.393 e. The molecule has 18 heavy (non-hydrogen) atoms. The summed E-state index contributed by atoms with van der Waals surface area (Å²) in [6.45, 7) is 4.53. The number of likely N-dealkylation sites (tertiary alicyclic amines) is 1. The molecule has 1 N–H and O–H groups in total. The van der Waals surface area contributed by atoms with Gasteiger partial charge in [-0.25, -0.2) is 0 Å². The number of aliphatic hydroxyl groups is 1. The van der Waals surface area contributed by atoms with Crippen LogP contribution in [0.15, 0.2) is 0 Å². The van der Waals surface area contributed by atoms with Gasteiger partial charge in [0.2, 0.25) is 11.8 Å². The fourth-order valence-corrected chi connectivity index (χ4v) is 3.87. The molecule has 3 rings (SSSR count). The molecular weight excluding hydrogens is 230 g/mol. The Kier molecular flexibility index (Phi) is 2.56. The maximum atomic E-state index is 12.2. The summed E-state index contributed by atoms with van der Waals surface area (Å²) in [5.41, 5.74) is -0.114. The van der Waals surface area contributed by atoms with Crippen LogP contribution in [-0.2, 0) is 9.59 Å². The normalized spacial score (nSPS) is 42.1. The Bertz CT molecular complexity index is 380. The van der Waals surface area contributed by atoms with Crippen molar-refractivity contribution in [3.63, 3.8) is 0 Å². The molecule has 1 saturated heterocycles. The molecule has 0 aromatic heterocycles. The number of hydrogen-bond donors (Lipinski definition) is 1. The molecule has 2 saturated carbocycles. The number of rotatable bonds is 2. The van der Waals surface area contributed by atoms with Gasteiger partial charge in [0, 0.05) is 6.54 Å². The van der Waals surface area contributed by atoms with Crippen LogP contribution in [0.2, 0.25) is 0 Å². The fraction of sp³-hybridized carbons (Fsp3) is 0.857. The lowest BCUT2D eigenvalue weighted by Gasteiger charge is -2.30. The Labute approximate surface area is 107 Å². The predicted octanol–water partition coefficient (Wildman–Crippen LogP) is 1.18. The average molecular weight is 251 g/mol. The Morgan fingerprint density at radius 2 is 1.83 bits per heavy atom. The number of amides is 2. The molecule has 3 fully saturated rings. The van der Waals surface area contributed by atoms with Gasteiger partial charge in [-0.3, -0.25) is 14.5 Å². The summed E-state index contributed by atoms with van der Waals surface area (Å²) >= 11 is 0. The van der Waals surface area contributed by atoms with E-state index in [9.17, 15) is 14.7 Å². The molecule has 0 bridgehead atoms. The quantitative estimate of drug-likeness (QED) is 0.750. The largest absolute Gasteiger partial charge is 0.393 e. The monoisotopic (exact) mass is 251 g/mol. The van der Waals surface area contributed by atoms with Crippen LogP contribution in [0.3, 0.4) is 0 Å². The molecule has 2 amide bonds. The van der Waals surface area contributed by atoms with Crippen LogP contribution in [0.25, 0.3) is 0 Å². The second kappa shape index (κ2) is 3.80. The van der Waals surface area contributed by atoms with Crippen molar-refractivity contribution in [2.24, 2.45) is 23.2 Å². The maximum Gasteiger partial charge on any atom is 0.233 e. The second-order valence-electron chi connectivity index (χ2n) is 6.75. The van der Waals surface area contributed by atoms with Gasteiger partial charge < -0.3 is 5.11 Å². The highest BCUT2D eigenvalue weighted by Crippen LogP contribution is 2.63. The molecule has 1 aliphatic heterocycles. The number of carbonyl (C=O) groups excluding carboxylic acids is 2. The Morgan fingerprint density at radius 3 is 2.39 bits per heavy atom. The zero-order chi connectivity index (χ0) is 13.1. The molecule has 4 atom stereocenters. The Hall–Kier alpha value is -0.900. The van der Waals surface area contributed by atoms with Crippen molar-refractivity contribution < 1.29 is 14.7 Å². The molecule has 4 nitrogen and oxygen atoms in total. The SMILES string of the molecule is CC1(C)C2C(=O)N(CC3CCCC(O)C3)C(=O)C21. The van der Waals surface area contributed by atoms with Crippen molar-refractivity contribution in [3.05, 3.63) is 0 Å². The van der Waals surface area contributed by atoms with Crippen LogP contribution in [0, 0.1) is 23.2 Å². The third-order valence-electron chi connectivity index (χ3n) is 5.09. The van der Waals surface area contributed by atoms with Crippen molar-refractivity contribution in [1.29, 1.82) is 0 Å². The van der Waals surface area contributed by atoms with E-state index in [0.29, 0.717) is 12.5 Å². The number of carbonyl (C=O) groups is 2. The van der Waals surface area contributed by atoms with Gasteiger partial charge in [-0.1, -0.05) is 20.3 Å². The van der Waals surface area contributed by atoms with Crippen LogP contribution < -0.4 is 0 Å². The van der Waals surface area contributed by atoms with Gasteiger partial charge in [-0.05, 0) is 30.6 Å². The summed E-state index contributed by atoms with van der Waals surface area (Å²) in [7, 11) is 0. The number of hydrogen-bond acceptors (Lipinski definition) is 3. The summed E-state index contributed by atoms with van der Waals surface area (Å²) in [5, 5.41) is 9.64. The van der Waals surface area contributed by atoms with Crippen LogP contribution in [0.1, 0.15) is 39.5 Å². The second-order valence-corrected chi connectivity index (χ2v) is 6.75. The Balaban J connectivity index is 1.65. The van der Waals surface area contributed by atoms with E-state index < -0.39 is 0 Å². The molecular formula is C14H21NO3. The first kappa shape index (κ1) is 12.2. The van der Waals surface area contributed by atoms with E-state index in [1.165, 1.54) is 4.90 Å². The summed E-state index contributed by atoms with van der Waals surface area (Å²) in [5.74, 6) is 0.199. The van der Waals surface area contributed by atoms with Crippen LogP contribution in [0.5, 0.6) is 0 Å². The van der Waals surface area contributed by atoms with Gasteiger partial charge in [0.05, 0.1) is 17.9 Å². The molecule has 4 unspecified atom stereocenters. The van der Waals surface area contributed by atoms with Gasteiger partial charge >= 0.3 is 0 Å². The van der Waals surface area contributed by atoms with E-state index in [-0.39, 0.29) is 35.2 Å². The summed E-state index contributed by atoms with van der Waals surface area (Å²) in [6.07, 6.45) is 3.36. The van der Waals surface area contributed by atoms with Crippen LogP contribution in [0.4, 0.5) is 0 Å². The standard InChI is InChI=1S/C14H21NO3/c1-14(2)10-11(14)13(18)15(12(10)17)7-8-4-3-5-9(16)6-8/h8-11,16H,3-7H2,1-2H3. The third-order valence-corrected chi connectivity index (χ3v) is 5.09. The first-order chi connectivity index (χ1) is 8.43. The van der Waals surface area contributed by atoms with E-state index in [1.54, 1.807) is 0 Å². The molecule has 1 heterocycles. The van der Waals surface area contributed by atoms with Gasteiger partial charge in [0.25, 0.3) is 0 Å². The highest BCUT2D eigenvalue weighted by atomic mass is 16.3. The minimum atomic E-state index is -0.248. The van der Waals surface area contributed by atoms with Gasteiger partial charge in [0.15, 0.2) is 0 Å². The van der Waals surface area contributed by atoms with Crippen molar-refractivity contribution in [2.75, 3.05) is 6.54 Å². The highest BCUT2D eigenvalue weighted by Gasteiger charge is 2.72. The highest BCUT2D eigenvalue weighted by molar-refractivity contribution is 6.10. The lowest BCUT2D eigenvalue weighted by Crippen LogP contribution is -2.41. The van der Waals surface area contributed by atoms with Crippen LogP contribution >= 0.6 is 0 Å². The number of imide groups is 1. The predicted molar refractivity (Wildman–Crippen MR) is 65.4 cm³/mol. The van der Waals surface area contributed by atoms with Crippen LogP contribution in [-0.4, -0.2) is 34.5 Å². The topological polar surface area (TPSA) is 57.6 Å². The average Bonchev–Trinajstić information content (AvgIpc) is 2.77. The third kappa shape index (κ3) is 1.62. The molecule has 2 aliphatic carbocycles. The van der Waals surface area contributed by atoms with Gasteiger partial charge in [-0.2, -0.15) is 0 Å². The molecule has 4 heteroatoms. The van der Waals surface area contributed by atoms with E-state index in [0.717, 1.165) is 25.7 Å². The van der Waals surface area contributed by atoms with Gasteiger partial charge in [0.1, 0.15) is 0 Å². The van der Waals surface area contributed by atoms with E-state index in [4.69, 9.17) is 0 Å². The zero-order valence-corrected chi connectivity index (χ0v) is 11.1. The lowest BCUT2D eigenvalue weighted by atomic mass is 9.87. The summed E-state index contributed by atoms with van der Waals surface area (Å²) in [6, 6.07) is 0. The molecule has 0 radical (unpaired) electrons. The molecule has 3 aliphatic rings. The maximum absolute atomic E-state index is 12.2. The fourth-order valence-electron chi connectivity index (χ4n) is 3.87. The zero-order valence-electron chi connectivity index (χ0n) is 11.1. The summed E-state index contributed by atoms with van der Waals surface area (Å²) in [4.78, 5) is 25.8. The number of aliphatic hydroxyl groups excluding tert-OH is 1. The smallest absolute Gasteiger partial charge is 0.233 e. The number of fused-ring (bicyclic) bond motifs is 1. The molecule has 100 valence electrons. The van der Waals surface area contributed by atoms with E-state index >= 15 is 0 Å².